The molecule has 20 heavy (non-hydrogen) atoms. The van der Waals surface area contributed by atoms with Crippen molar-refractivity contribution in [3.8, 4) is 0 Å². The highest BCUT2D eigenvalue weighted by Crippen LogP contribution is 2.24. The van der Waals surface area contributed by atoms with Crippen LogP contribution in [0, 0.1) is 0 Å². The van der Waals surface area contributed by atoms with Gasteiger partial charge in [0, 0.05) is 11.3 Å². The Morgan fingerprint density at radius 1 is 0.900 bits per heavy atom. The number of esters is 1. The molecule has 0 atom stereocenters. The second kappa shape index (κ2) is 6.02. The number of benzene rings is 2. The Bertz CT molecular complexity index is 650. The van der Waals surface area contributed by atoms with Crippen molar-refractivity contribution in [1.82, 2.24) is 0 Å². The lowest BCUT2D eigenvalue weighted by atomic mass is 10.1. The van der Waals surface area contributed by atoms with E-state index >= 15 is 0 Å². The van der Waals surface area contributed by atoms with Crippen LogP contribution in [0.4, 0.5) is 11.4 Å². The lowest BCUT2D eigenvalue weighted by Crippen LogP contribution is -2.07. The second-order valence-electron chi connectivity index (χ2n) is 4.26. The number of hydrogen-bond acceptors (Lipinski definition) is 4. The van der Waals surface area contributed by atoms with Crippen molar-refractivity contribution in [1.29, 1.82) is 0 Å². The molecule has 0 aliphatic heterocycles. The Morgan fingerprint density at radius 3 is 1.95 bits per heavy atom. The van der Waals surface area contributed by atoms with Gasteiger partial charge in [0.1, 0.15) is 0 Å². The fourth-order valence-electron chi connectivity index (χ4n) is 1.92. The highest BCUT2D eigenvalue weighted by atomic mass is 16.5. The zero-order valence-corrected chi connectivity index (χ0v) is 11.3. The third kappa shape index (κ3) is 2.85. The van der Waals surface area contributed by atoms with Gasteiger partial charge in [-0.05, 0) is 31.2 Å². The van der Waals surface area contributed by atoms with Gasteiger partial charge in [-0.3, -0.25) is 4.79 Å². The number of ketones is 1. The SMILES string of the molecule is COC(=O)c1ccccc1Nc1ccccc1C(C)=O. The number of carbonyl (C=O) groups excluding carboxylic acids is 2. The average molecular weight is 269 g/mol. The Morgan fingerprint density at radius 2 is 1.40 bits per heavy atom. The predicted molar refractivity (Wildman–Crippen MR) is 77.5 cm³/mol. The van der Waals surface area contributed by atoms with E-state index in [1.54, 1.807) is 36.4 Å². The van der Waals surface area contributed by atoms with Crippen LogP contribution in [0.2, 0.25) is 0 Å². The van der Waals surface area contributed by atoms with Crippen LogP contribution in [0.15, 0.2) is 48.5 Å². The molecule has 102 valence electrons. The summed E-state index contributed by atoms with van der Waals surface area (Å²) < 4.78 is 4.75. The molecule has 0 aliphatic carbocycles. The third-order valence-electron chi connectivity index (χ3n) is 2.91. The zero-order chi connectivity index (χ0) is 14.5. The smallest absolute Gasteiger partial charge is 0.339 e. The molecule has 0 heterocycles. The van der Waals surface area contributed by atoms with Crippen molar-refractivity contribution in [2.75, 3.05) is 12.4 Å². The van der Waals surface area contributed by atoms with E-state index in [-0.39, 0.29) is 5.78 Å². The molecule has 2 rings (SSSR count). The summed E-state index contributed by atoms with van der Waals surface area (Å²) in [4.78, 5) is 23.3. The molecule has 0 aromatic heterocycles. The van der Waals surface area contributed by atoms with Crippen LogP contribution in [0.1, 0.15) is 27.6 Å². The van der Waals surface area contributed by atoms with Crippen LogP contribution >= 0.6 is 0 Å². The number of Topliss-reactive ketones (excluding diaryl/α,β-unsaturated/α-hetero) is 1. The number of nitrogens with one attached hydrogen (secondary N) is 1. The molecule has 2 aromatic rings. The van der Waals surface area contributed by atoms with Crippen LogP contribution < -0.4 is 5.32 Å². The first kappa shape index (κ1) is 13.8. The van der Waals surface area contributed by atoms with Crippen molar-refractivity contribution >= 4 is 23.1 Å². The lowest BCUT2D eigenvalue weighted by molar-refractivity contribution is 0.0602. The fourth-order valence-corrected chi connectivity index (χ4v) is 1.92. The van der Waals surface area contributed by atoms with E-state index in [1.807, 2.05) is 12.1 Å². The second-order valence-corrected chi connectivity index (χ2v) is 4.26. The quantitative estimate of drug-likeness (QED) is 0.682. The maximum atomic E-state index is 11.7. The maximum absolute atomic E-state index is 11.7. The summed E-state index contributed by atoms with van der Waals surface area (Å²) in [6.07, 6.45) is 0. The Balaban J connectivity index is 2.41. The van der Waals surface area contributed by atoms with Gasteiger partial charge in [0.2, 0.25) is 0 Å². The minimum atomic E-state index is -0.423. The summed E-state index contributed by atoms with van der Waals surface area (Å²) in [5.41, 5.74) is 2.27. The molecule has 0 spiro atoms. The molecular formula is C16H15NO3. The highest BCUT2D eigenvalue weighted by Gasteiger charge is 2.13. The minimum absolute atomic E-state index is 0.0383. The molecule has 0 fully saturated rings. The Hall–Kier alpha value is -2.62. The molecule has 0 bridgehead atoms. The lowest BCUT2D eigenvalue weighted by Gasteiger charge is -2.13. The number of rotatable bonds is 4. The van der Waals surface area contributed by atoms with Crippen molar-refractivity contribution in [2.24, 2.45) is 0 Å². The molecular weight excluding hydrogens is 254 g/mol. The van der Waals surface area contributed by atoms with Crippen molar-refractivity contribution in [3.05, 3.63) is 59.7 Å². The minimum Gasteiger partial charge on any atom is -0.465 e. The van der Waals surface area contributed by atoms with E-state index in [9.17, 15) is 9.59 Å². The summed E-state index contributed by atoms with van der Waals surface area (Å²) in [5.74, 6) is -0.461. The van der Waals surface area contributed by atoms with E-state index in [0.29, 0.717) is 22.5 Å². The molecule has 0 aliphatic rings. The van der Waals surface area contributed by atoms with Crippen LogP contribution in [0.3, 0.4) is 0 Å². The van der Waals surface area contributed by atoms with E-state index in [2.05, 4.69) is 5.32 Å². The van der Waals surface area contributed by atoms with Gasteiger partial charge in [-0.1, -0.05) is 24.3 Å². The molecule has 0 unspecified atom stereocenters. The van der Waals surface area contributed by atoms with Gasteiger partial charge in [-0.25, -0.2) is 4.79 Å². The number of hydrogen-bond donors (Lipinski definition) is 1. The predicted octanol–water partition coefficient (Wildman–Crippen LogP) is 3.42. The van der Waals surface area contributed by atoms with Crippen molar-refractivity contribution < 1.29 is 14.3 Å². The number of anilines is 2. The van der Waals surface area contributed by atoms with Crippen LogP contribution in [-0.2, 0) is 4.74 Å². The number of methoxy groups -OCH3 is 1. The molecule has 2 aromatic carbocycles. The highest BCUT2D eigenvalue weighted by molar-refractivity contribution is 6.02. The van der Waals surface area contributed by atoms with Gasteiger partial charge < -0.3 is 10.1 Å². The molecule has 0 amide bonds. The van der Waals surface area contributed by atoms with Gasteiger partial charge in [0.25, 0.3) is 0 Å². The average Bonchev–Trinajstić information content (AvgIpc) is 2.47. The van der Waals surface area contributed by atoms with Gasteiger partial charge in [0.15, 0.2) is 5.78 Å². The van der Waals surface area contributed by atoms with Crippen LogP contribution in [0.25, 0.3) is 0 Å². The molecule has 0 saturated carbocycles. The first-order chi connectivity index (χ1) is 9.63. The van der Waals surface area contributed by atoms with E-state index in [4.69, 9.17) is 4.74 Å². The maximum Gasteiger partial charge on any atom is 0.339 e. The van der Waals surface area contributed by atoms with Crippen molar-refractivity contribution in [3.63, 3.8) is 0 Å². The molecule has 1 N–H and O–H groups in total. The molecule has 4 nitrogen and oxygen atoms in total. The molecule has 0 saturated heterocycles. The summed E-state index contributed by atoms with van der Waals surface area (Å²) in [7, 11) is 1.34. The number of ether oxygens (including phenoxy) is 1. The number of para-hydroxylation sites is 2. The van der Waals surface area contributed by atoms with E-state index in [0.717, 1.165) is 0 Å². The topological polar surface area (TPSA) is 55.4 Å². The van der Waals surface area contributed by atoms with Gasteiger partial charge >= 0.3 is 5.97 Å². The van der Waals surface area contributed by atoms with E-state index < -0.39 is 5.97 Å². The zero-order valence-electron chi connectivity index (χ0n) is 11.3. The van der Waals surface area contributed by atoms with Crippen molar-refractivity contribution in [2.45, 2.75) is 6.92 Å². The van der Waals surface area contributed by atoms with Crippen LogP contribution in [0.5, 0.6) is 0 Å². The Labute approximate surface area is 117 Å². The summed E-state index contributed by atoms with van der Waals surface area (Å²) in [6, 6.07) is 14.2. The molecule has 0 radical (unpaired) electrons. The third-order valence-corrected chi connectivity index (χ3v) is 2.91. The summed E-state index contributed by atoms with van der Waals surface area (Å²) in [6.45, 7) is 1.51. The Kier molecular flexibility index (Phi) is 4.15. The first-order valence-corrected chi connectivity index (χ1v) is 6.18. The van der Waals surface area contributed by atoms with Gasteiger partial charge in [-0.2, -0.15) is 0 Å². The van der Waals surface area contributed by atoms with Gasteiger partial charge in [0.05, 0.1) is 18.4 Å². The fraction of sp³-hybridized carbons (Fsp3) is 0.125. The standard InChI is InChI=1S/C16H15NO3/c1-11(18)12-7-3-5-9-14(12)17-15-10-6-4-8-13(15)16(19)20-2/h3-10,17H,1-2H3. The van der Waals surface area contributed by atoms with Crippen LogP contribution in [-0.4, -0.2) is 18.9 Å². The first-order valence-electron chi connectivity index (χ1n) is 6.18. The normalized spacial score (nSPS) is 9.90. The summed E-state index contributed by atoms with van der Waals surface area (Å²) >= 11 is 0. The van der Waals surface area contributed by atoms with Gasteiger partial charge in [-0.15, -0.1) is 0 Å². The monoisotopic (exact) mass is 269 g/mol. The molecule has 4 heteroatoms. The van der Waals surface area contributed by atoms with E-state index in [1.165, 1.54) is 14.0 Å². The largest absolute Gasteiger partial charge is 0.465 e. The number of carbonyl (C=O) groups is 2. The summed E-state index contributed by atoms with van der Waals surface area (Å²) in [5, 5.41) is 3.12.